The van der Waals surface area contributed by atoms with Gasteiger partial charge in [0.05, 0.1) is 4.88 Å². The van der Waals surface area contributed by atoms with Gasteiger partial charge in [0, 0.05) is 11.8 Å². The zero-order valence-corrected chi connectivity index (χ0v) is 11.4. The van der Waals surface area contributed by atoms with E-state index in [0.29, 0.717) is 11.6 Å². The van der Waals surface area contributed by atoms with Gasteiger partial charge in [-0.25, -0.2) is 0 Å². The van der Waals surface area contributed by atoms with Gasteiger partial charge in [0.1, 0.15) is 6.54 Å². The minimum atomic E-state index is -0.258. The van der Waals surface area contributed by atoms with E-state index in [1.54, 1.807) is 6.07 Å². The smallest absolute Gasteiger partial charge is 0.249 e. The fourth-order valence-corrected chi connectivity index (χ4v) is 2.26. The molecule has 1 amide bonds. The molecule has 20 heavy (non-hydrogen) atoms. The molecule has 0 fully saturated rings. The number of nitrogens with zero attached hydrogens (tertiary/aromatic N) is 5. The zero-order valence-electron chi connectivity index (χ0n) is 10.6. The number of hydrogen-bond acceptors (Lipinski definition) is 6. The molecule has 3 aromatic heterocycles. The van der Waals surface area contributed by atoms with Crippen LogP contribution in [0.4, 0.5) is 5.82 Å². The molecule has 2 N–H and O–H groups in total. The van der Waals surface area contributed by atoms with E-state index in [4.69, 9.17) is 0 Å². The number of anilines is 1. The van der Waals surface area contributed by atoms with Crippen LogP contribution in [0, 0.1) is 6.92 Å². The van der Waals surface area contributed by atoms with Gasteiger partial charge >= 0.3 is 0 Å². The van der Waals surface area contributed by atoms with Gasteiger partial charge in [0.25, 0.3) is 0 Å². The van der Waals surface area contributed by atoms with Crippen LogP contribution in [0.3, 0.4) is 0 Å². The number of thiophene rings is 1. The second-order valence-corrected chi connectivity index (χ2v) is 5.05. The van der Waals surface area contributed by atoms with Crippen LogP contribution in [-0.2, 0) is 11.3 Å². The van der Waals surface area contributed by atoms with Gasteiger partial charge in [-0.15, -0.1) is 21.5 Å². The molecule has 0 radical (unpaired) electrons. The lowest BCUT2D eigenvalue weighted by molar-refractivity contribution is -0.117. The van der Waals surface area contributed by atoms with E-state index in [9.17, 15) is 4.79 Å². The van der Waals surface area contributed by atoms with E-state index < -0.39 is 0 Å². The molecule has 8 nitrogen and oxygen atoms in total. The van der Waals surface area contributed by atoms with E-state index in [2.05, 4.69) is 30.9 Å². The predicted molar refractivity (Wildman–Crippen MR) is 73.1 cm³/mol. The summed E-state index contributed by atoms with van der Waals surface area (Å²) in [4.78, 5) is 14.0. The first-order valence-corrected chi connectivity index (χ1v) is 6.72. The number of carbonyl (C=O) groups is 1. The minimum Gasteiger partial charge on any atom is -0.308 e. The van der Waals surface area contributed by atoms with Gasteiger partial charge in [-0.1, -0.05) is 6.07 Å². The summed E-state index contributed by atoms with van der Waals surface area (Å²) < 4.78 is 0. The molecule has 3 aromatic rings. The zero-order chi connectivity index (χ0) is 13.9. The summed E-state index contributed by atoms with van der Waals surface area (Å²) in [6, 6.07) is 5.55. The number of nitrogens with one attached hydrogen (secondary N) is 2. The van der Waals surface area contributed by atoms with Crippen molar-refractivity contribution in [3.05, 3.63) is 29.3 Å². The number of carbonyl (C=O) groups excluding carboxylic acids is 1. The molecule has 0 bridgehead atoms. The van der Waals surface area contributed by atoms with Gasteiger partial charge < -0.3 is 5.32 Å². The SMILES string of the molecule is Cc1cc(NC(=O)Cn2nnc(-c3cccs3)n2)n[nH]1. The Hall–Kier alpha value is -2.55. The van der Waals surface area contributed by atoms with Crippen LogP contribution in [-0.4, -0.2) is 36.3 Å². The molecule has 0 aliphatic rings. The molecule has 0 aliphatic heterocycles. The first kappa shape index (κ1) is 12.5. The molecule has 0 spiro atoms. The molecule has 0 aliphatic carbocycles. The van der Waals surface area contributed by atoms with Crippen molar-refractivity contribution in [3.63, 3.8) is 0 Å². The van der Waals surface area contributed by atoms with E-state index >= 15 is 0 Å². The molecule has 102 valence electrons. The monoisotopic (exact) mass is 289 g/mol. The van der Waals surface area contributed by atoms with E-state index in [-0.39, 0.29) is 12.5 Å². The molecular weight excluding hydrogens is 278 g/mol. The molecule has 0 saturated heterocycles. The normalized spacial score (nSPS) is 10.7. The highest BCUT2D eigenvalue weighted by Gasteiger charge is 2.10. The summed E-state index contributed by atoms with van der Waals surface area (Å²) in [5.74, 6) is 0.737. The first-order valence-electron chi connectivity index (χ1n) is 5.84. The molecular formula is C11H11N7OS. The Kier molecular flexibility index (Phi) is 3.25. The third-order valence-corrected chi connectivity index (χ3v) is 3.32. The van der Waals surface area contributed by atoms with Gasteiger partial charge in [0.2, 0.25) is 11.7 Å². The van der Waals surface area contributed by atoms with Crippen molar-refractivity contribution < 1.29 is 4.79 Å². The lowest BCUT2D eigenvalue weighted by Crippen LogP contribution is -2.20. The van der Waals surface area contributed by atoms with Crippen LogP contribution in [0.1, 0.15) is 5.69 Å². The van der Waals surface area contributed by atoms with Crippen LogP contribution in [0.15, 0.2) is 23.6 Å². The molecule has 0 unspecified atom stereocenters. The Morgan fingerprint density at radius 1 is 1.55 bits per heavy atom. The largest absolute Gasteiger partial charge is 0.308 e. The Labute approximate surface area is 117 Å². The maximum atomic E-state index is 11.8. The Morgan fingerprint density at radius 3 is 3.15 bits per heavy atom. The second-order valence-electron chi connectivity index (χ2n) is 4.11. The maximum absolute atomic E-state index is 11.8. The number of aromatic amines is 1. The van der Waals surface area contributed by atoms with Crippen LogP contribution < -0.4 is 5.32 Å². The summed E-state index contributed by atoms with van der Waals surface area (Å²) in [5.41, 5.74) is 0.874. The van der Waals surface area contributed by atoms with Gasteiger partial charge in [0.15, 0.2) is 5.82 Å². The molecule has 0 aromatic carbocycles. The summed E-state index contributed by atoms with van der Waals surface area (Å²) in [6.07, 6.45) is 0. The lowest BCUT2D eigenvalue weighted by atomic mass is 10.4. The third kappa shape index (κ3) is 2.72. The Bertz CT molecular complexity index is 715. The highest BCUT2D eigenvalue weighted by Crippen LogP contribution is 2.19. The van der Waals surface area contributed by atoms with Gasteiger partial charge in [-0.05, 0) is 23.6 Å². The van der Waals surface area contributed by atoms with Crippen LogP contribution in [0.25, 0.3) is 10.7 Å². The number of hydrogen-bond donors (Lipinski definition) is 2. The van der Waals surface area contributed by atoms with Crippen molar-refractivity contribution in [2.45, 2.75) is 13.5 Å². The molecule has 3 rings (SSSR count). The Morgan fingerprint density at radius 2 is 2.45 bits per heavy atom. The van der Waals surface area contributed by atoms with Gasteiger partial charge in [-0.2, -0.15) is 9.90 Å². The first-order chi connectivity index (χ1) is 9.70. The highest BCUT2D eigenvalue weighted by molar-refractivity contribution is 7.13. The van der Waals surface area contributed by atoms with E-state index in [1.807, 2.05) is 24.4 Å². The fraction of sp³-hybridized carbons (Fsp3) is 0.182. The van der Waals surface area contributed by atoms with E-state index in [1.165, 1.54) is 16.1 Å². The average molecular weight is 289 g/mol. The molecule has 0 atom stereocenters. The average Bonchev–Trinajstić information content (AvgIpc) is 3.10. The molecule has 9 heteroatoms. The van der Waals surface area contributed by atoms with Crippen LogP contribution in [0.5, 0.6) is 0 Å². The van der Waals surface area contributed by atoms with Crippen molar-refractivity contribution in [2.24, 2.45) is 0 Å². The molecule has 3 heterocycles. The number of rotatable bonds is 4. The number of H-pyrrole nitrogens is 1. The second kappa shape index (κ2) is 5.21. The van der Waals surface area contributed by atoms with Crippen molar-refractivity contribution in [2.75, 3.05) is 5.32 Å². The summed E-state index contributed by atoms with van der Waals surface area (Å²) in [5, 5.41) is 23.2. The summed E-state index contributed by atoms with van der Waals surface area (Å²) >= 11 is 1.52. The quantitative estimate of drug-likeness (QED) is 0.748. The number of aryl methyl sites for hydroxylation is 1. The highest BCUT2D eigenvalue weighted by atomic mass is 32.1. The fourth-order valence-electron chi connectivity index (χ4n) is 1.61. The van der Waals surface area contributed by atoms with E-state index in [0.717, 1.165) is 10.6 Å². The van der Waals surface area contributed by atoms with Crippen LogP contribution >= 0.6 is 11.3 Å². The number of amides is 1. The number of aromatic nitrogens is 6. The summed E-state index contributed by atoms with van der Waals surface area (Å²) in [7, 11) is 0. The van der Waals surface area contributed by atoms with Crippen molar-refractivity contribution in [3.8, 4) is 10.7 Å². The standard InChI is InChI=1S/C11H11N7OS/c1-7-5-9(14-13-7)12-10(19)6-18-16-11(15-17-18)8-3-2-4-20-8/h2-5H,6H2,1H3,(H2,12,13,14,19). The van der Waals surface area contributed by atoms with Crippen molar-refractivity contribution in [1.29, 1.82) is 0 Å². The van der Waals surface area contributed by atoms with Crippen molar-refractivity contribution >= 4 is 23.1 Å². The summed E-state index contributed by atoms with van der Waals surface area (Å²) in [6.45, 7) is 1.85. The topological polar surface area (TPSA) is 101 Å². The van der Waals surface area contributed by atoms with Crippen molar-refractivity contribution in [1.82, 2.24) is 30.4 Å². The van der Waals surface area contributed by atoms with Gasteiger partial charge in [-0.3, -0.25) is 9.89 Å². The predicted octanol–water partition coefficient (Wildman–Crippen LogP) is 1.07. The number of tetrazole rings is 1. The molecule has 0 saturated carbocycles. The Balaban J connectivity index is 1.64. The third-order valence-electron chi connectivity index (χ3n) is 2.45. The minimum absolute atomic E-state index is 0.00964. The maximum Gasteiger partial charge on any atom is 0.249 e. The lowest BCUT2D eigenvalue weighted by Gasteiger charge is -1.99. The van der Waals surface area contributed by atoms with Crippen LogP contribution in [0.2, 0.25) is 0 Å².